The molecule has 3 heteroatoms. The van der Waals surface area contributed by atoms with Gasteiger partial charge in [0, 0.05) is 5.54 Å². The van der Waals surface area contributed by atoms with Gasteiger partial charge in [0.2, 0.25) is 0 Å². The smallest absolute Gasteiger partial charge is 0.408 e. The molecule has 0 spiro atoms. The molecule has 0 aliphatic heterocycles. The van der Waals surface area contributed by atoms with Crippen LogP contribution in [0.2, 0.25) is 0 Å². The summed E-state index contributed by atoms with van der Waals surface area (Å²) < 4.78 is 5.83. The van der Waals surface area contributed by atoms with Gasteiger partial charge in [-0.2, -0.15) is 0 Å². The first-order valence-electron chi connectivity index (χ1n) is 15.8. The molecule has 0 aromatic carbocycles. The Morgan fingerprint density at radius 2 is 1.63 bits per heavy atom. The molecule has 1 N–H and O–H groups in total. The fourth-order valence-corrected chi connectivity index (χ4v) is 11.6. The normalized spacial score (nSPS) is 47.5. The van der Waals surface area contributed by atoms with E-state index in [2.05, 4.69) is 66.4 Å². The molecule has 5 rings (SSSR count). The number of amides is 1. The lowest BCUT2D eigenvalue weighted by Crippen LogP contribution is -2.68. The Morgan fingerprint density at radius 3 is 2.26 bits per heavy atom. The van der Waals surface area contributed by atoms with Crippen molar-refractivity contribution in [1.82, 2.24) is 5.32 Å². The van der Waals surface area contributed by atoms with Crippen LogP contribution < -0.4 is 5.32 Å². The fraction of sp³-hybridized carbons (Fsp3) is 0.857. The van der Waals surface area contributed by atoms with Crippen molar-refractivity contribution in [2.45, 2.75) is 138 Å². The van der Waals surface area contributed by atoms with Crippen LogP contribution in [0.25, 0.3) is 0 Å². The van der Waals surface area contributed by atoms with Gasteiger partial charge < -0.3 is 10.1 Å². The summed E-state index contributed by atoms with van der Waals surface area (Å²) in [6, 6.07) is 0. The number of carbonyl (C=O) groups is 1. The lowest BCUT2D eigenvalue weighted by molar-refractivity contribution is -0.220. The first-order chi connectivity index (χ1) is 17.4. The second kappa shape index (κ2) is 8.62. The van der Waals surface area contributed by atoms with Crippen LogP contribution in [0, 0.1) is 51.2 Å². The molecule has 0 aromatic rings. The lowest BCUT2D eigenvalue weighted by atomic mass is 9.33. The largest absolute Gasteiger partial charge is 0.444 e. The summed E-state index contributed by atoms with van der Waals surface area (Å²) >= 11 is 0. The second-order valence-corrected chi connectivity index (χ2v) is 16.8. The van der Waals surface area contributed by atoms with Crippen molar-refractivity contribution in [3.63, 3.8) is 0 Å². The van der Waals surface area contributed by atoms with Crippen LogP contribution in [-0.2, 0) is 4.74 Å². The van der Waals surface area contributed by atoms with E-state index < -0.39 is 5.60 Å². The van der Waals surface area contributed by atoms with E-state index in [1.54, 1.807) is 5.57 Å². The molecule has 5 aliphatic carbocycles. The molecule has 0 unspecified atom stereocenters. The van der Waals surface area contributed by atoms with Crippen molar-refractivity contribution in [2.24, 2.45) is 51.2 Å². The van der Waals surface area contributed by atoms with Crippen LogP contribution in [0.1, 0.15) is 127 Å². The zero-order chi connectivity index (χ0) is 28.1. The van der Waals surface area contributed by atoms with Gasteiger partial charge in [0.15, 0.2) is 0 Å². The summed E-state index contributed by atoms with van der Waals surface area (Å²) in [5.74, 6) is 3.09. The quantitative estimate of drug-likeness (QED) is 0.366. The zero-order valence-corrected chi connectivity index (χ0v) is 26.4. The van der Waals surface area contributed by atoms with Gasteiger partial charge in [-0.25, -0.2) is 4.79 Å². The predicted molar refractivity (Wildman–Crippen MR) is 158 cm³/mol. The van der Waals surface area contributed by atoms with Crippen molar-refractivity contribution < 1.29 is 9.53 Å². The molecule has 5 aliphatic rings. The van der Waals surface area contributed by atoms with Gasteiger partial charge in [-0.15, -0.1) is 0 Å². The van der Waals surface area contributed by atoms with Crippen LogP contribution in [-0.4, -0.2) is 17.2 Å². The number of rotatable bonds is 2. The lowest BCUT2D eigenvalue weighted by Gasteiger charge is -2.72. The highest BCUT2D eigenvalue weighted by Gasteiger charge is 2.70. The van der Waals surface area contributed by atoms with Crippen molar-refractivity contribution in [3.8, 4) is 0 Å². The Kier molecular flexibility index (Phi) is 6.42. The summed E-state index contributed by atoms with van der Waals surface area (Å²) in [5.41, 5.74) is 3.55. The Labute approximate surface area is 234 Å². The van der Waals surface area contributed by atoms with Crippen LogP contribution in [0.4, 0.5) is 4.79 Å². The number of alkyl carbamates (subject to hydrolysis) is 1. The van der Waals surface area contributed by atoms with Gasteiger partial charge in [-0.1, -0.05) is 58.4 Å². The average molecular weight is 524 g/mol. The molecular formula is C35H57NO2. The van der Waals surface area contributed by atoms with E-state index in [1.165, 1.54) is 44.1 Å². The molecule has 4 saturated carbocycles. The van der Waals surface area contributed by atoms with Crippen molar-refractivity contribution >= 4 is 6.09 Å². The highest BCUT2D eigenvalue weighted by Crippen LogP contribution is 2.76. The number of nitrogens with one attached hydrogen (secondary N) is 1. The zero-order valence-electron chi connectivity index (χ0n) is 26.4. The topological polar surface area (TPSA) is 38.3 Å². The molecule has 1 amide bonds. The molecule has 0 saturated heterocycles. The number of carbonyl (C=O) groups excluding carboxylic acids is 1. The minimum atomic E-state index is -0.480. The number of fused-ring (bicyclic) bond motifs is 7. The first kappa shape index (κ1) is 28.3. The van der Waals surface area contributed by atoms with Gasteiger partial charge >= 0.3 is 6.09 Å². The van der Waals surface area contributed by atoms with Crippen LogP contribution in [0.3, 0.4) is 0 Å². The molecule has 38 heavy (non-hydrogen) atoms. The molecule has 4 fully saturated rings. The van der Waals surface area contributed by atoms with Crippen LogP contribution in [0.15, 0.2) is 23.8 Å². The summed E-state index contributed by atoms with van der Waals surface area (Å²) in [4.78, 5) is 13.2. The van der Waals surface area contributed by atoms with Crippen molar-refractivity contribution in [2.75, 3.05) is 0 Å². The first-order valence-corrected chi connectivity index (χ1v) is 15.8. The van der Waals surface area contributed by atoms with E-state index in [-0.39, 0.29) is 17.0 Å². The average Bonchev–Trinajstić information content (AvgIpc) is 3.15. The van der Waals surface area contributed by atoms with Gasteiger partial charge in [0.05, 0.1) is 0 Å². The minimum absolute atomic E-state index is 0.160. The highest BCUT2D eigenvalue weighted by molar-refractivity contribution is 5.69. The molecular weight excluding hydrogens is 466 g/mol. The number of allylic oxidation sites excluding steroid dienone is 3. The molecule has 0 bridgehead atoms. The summed E-state index contributed by atoms with van der Waals surface area (Å²) in [6.45, 7) is 28.1. The summed E-state index contributed by atoms with van der Waals surface area (Å²) in [5, 5.41) is 3.53. The molecule has 0 aromatic heterocycles. The molecule has 0 radical (unpaired) electrons. The standard InChI is InChI=1S/C35H57NO2/c1-22(2)24-15-19-35(36-29(37)38-30(4,5)6)21-20-33(10)25(28(24)35)12-13-27-32(9)17-14-23(3)31(7,8)26(32)16-18-34(27,33)11/h14,24-28H,1,12-13,15-21H2,2-11H3,(H,36,37)/t24-,25+,26-,27+,28+,32-,33+,34+,35-/m0/s1. The third kappa shape index (κ3) is 3.82. The summed E-state index contributed by atoms with van der Waals surface area (Å²) in [6.07, 6.45) is 13.4. The van der Waals surface area contributed by atoms with E-state index >= 15 is 0 Å². The Bertz CT molecular complexity index is 1030. The molecule has 0 heterocycles. The van der Waals surface area contributed by atoms with Gasteiger partial charge in [0.25, 0.3) is 0 Å². The van der Waals surface area contributed by atoms with E-state index in [1.807, 2.05) is 20.8 Å². The molecule has 3 nitrogen and oxygen atoms in total. The van der Waals surface area contributed by atoms with Gasteiger partial charge in [-0.05, 0) is 144 Å². The van der Waals surface area contributed by atoms with Crippen LogP contribution >= 0.6 is 0 Å². The Morgan fingerprint density at radius 1 is 0.947 bits per heavy atom. The number of hydrogen-bond acceptors (Lipinski definition) is 2. The van der Waals surface area contributed by atoms with Crippen molar-refractivity contribution in [3.05, 3.63) is 23.8 Å². The van der Waals surface area contributed by atoms with Gasteiger partial charge in [0.1, 0.15) is 5.60 Å². The third-order valence-corrected chi connectivity index (χ3v) is 13.8. The predicted octanol–water partition coefficient (Wildman–Crippen LogP) is 9.48. The van der Waals surface area contributed by atoms with E-state index in [4.69, 9.17) is 4.74 Å². The van der Waals surface area contributed by atoms with Crippen molar-refractivity contribution in [1.29, 1.82) is 0 Å². The Hall–Kier alpha value is -1.25. The molecule has 214 valence electrons. The van der Waals surface area contributed by atoms with Crippen LogP contribution in [0.5, 0.6) is 0 Å². The highest BCUT2D eigenvalue weighted by atomic mass is 16.6. The van der Waals surface area contributed by atoms with E-state index in [9.17, 15) is 4.79 Å². The van der Waals surface area contributed by atoms with E-state index in [0.717, 1.165) is 31.1 Å². The minimum Gasteiger partial charge on any atom is -0.444 e. The Balaban J connectivity index is 1.52. The fourth-order valence-electron chi connectivity index (χ4n) is 11.6. The maximum Gasteiger partial charge on any atom is 0.408 e. The van der Waals surface area contributed by atoms with Gasteiger partial charge in [-0.3, -0.25) is 0 Å². The number of ether oxygens (including phenoxy) is 1. The molecule has 9 atom stereocenters. The SMILES string of the molecule is C=C(C)[C@@H]1CC[C@]2(NC(=O)OC(C)(C)C)CC[C@]3(C)[C@H](CC[C@@H]4[C@@]5(C)CC=C(C)C(C)(C)[C@@H]5CC[C@]43C)[C@@H]12. The third-order valence-electron chi connectivity index (χ3n) is 13.8. The van der Waals surface area contributed by atoms with E-state index in [0.29, 0.717) is 34.0 Å². The second-order valence-electron chi connectivity index (χ2n) is 16.8. The maximum absolute atomic E-state index is 13.2. The maximum atomic E-state index is 13.2. The monoisotopic (exact) mass is 523 g/mol. The number of hydrogen-bond donors (Lipinski definition) is 1. The summed E-state index contributed by atoms with van der Waals surface area (Å²) in [7, 11) is 0.